The van der Waals surface area contributed by atoms with Crippen molar-refractivity contribution in [3.8, 4) is 45.4 Å². The first-order valence-corrected chi connectivity index (χ1v) is 35.7. The third-order valence-electron chi connectivity index (χ3n) is 20.1. The fraction of sp³-hybridized carbons (Fsp3) is 0. The standard InChI is InChI=1S/C85H44N4S5/c86-45-64-79(56-29-17-27-54-49-22-4-15-37-74(49)93-84(54)56)81(87-65-31-9-1-19-46(65)58-42-76-61(39-68(58)87)51-24-6-12-34-71(51)90-76)83(89-67-33-11-3-21-48(67)60-44-78-63(41-70(60)89)53-26-8-14-36-73(53)92-78)82(80(64)57-30-18-28-55-50-23-5-16-38-75(50)94-85(55)57)88-66-32-10-2-20-47(66)59-43-77-62(40-69(59)88)52-25-7-13-35-72(52)91-77/h1-44H. The van der Waals surface area contributed by atoms with E-state index in [9.17, 15) is 5.26 Å². The maximum Gasteiger partial charge on any atom is 0.101 e. The van der Waals surface area contributed by atoms with Crippen LogP contribution in [0.1, 0.15) is 5.56 Å². The zero-order chi connectivity index (χ0) is 61.2. The Morgan fingerprint density at radius 1 is 0.223 bits per heavy atom. The maximum atomic E-state index is 13.4. The summed E-state index contributed by atoms with van der Waals surface area (Å²) in [6.45, 7) is 0. The molecule has 8 aromatic heterocycles. The molecule has 0 unspecified atom stereocenters. The highest BCUT2D eigenvalue weighted by atomic mass is 32.1. The summed E-state index contributed by atoms with van der Waals surface area (Å²) in [5, 5.41) is 32.4. The minimum absolute atomic E-state index is 0.608. The average Bonchev–Trinajstić information content (AvgIpc) is 1.45. The fourth-order valence-corrected chi connectivity index (χ4v) is 22.0. The molecule has 94 heavy (non-hydrogen) atoms. The highest BCUT2D eigenvalue weighted by Gasteiger charge is 2.36. The van der Waals surface area contributed by atoms with Crippen molar-refractivity contribution < 1.29 is 0 Å². The lowest BCUT2D eigenvalue weighted by Gasteiger charge is -2.29. The van der Waals surface area contributed by atoms with Gasteiger partial charge in [-0.05, 0) is 84.9 Å². The molecule has 0 atom stereocenters. The average molecular weight is 1280 g/mol. The van der Waals surface area contributed by atoms with Gasteiger partial charge in [0, 0.05) is 155 Å². The van der Waals surface area contributed by atoms with Crippen LogP contribution in [0.5, 0.6) is 0 Å². The monoisotopic (exact) mass is 1280 g/mol. The van der Waals surface area contributed by atoms with Crippen molar-refractivity contribution in [2.45, 2.75) is 0 Å². The first-order valence-electron chi connectivity index (χ1n) is 31.6. The zero-order valence-corrected chi connectivity index (χ0v) is 53.8. The number of nitriles is 1. The summed E-state index contributed by atoms with van der Waals surface area (Å²) < 4.78 is 20.0. The Hall–Kier alpha value is -10.9. The largest absolute Gasteiger partial charge is 0.306 e. The molecule has 4 nitrogen and oxygen atoms in total. The number of para-hydroxylation sites is 3. The van der Waals surface area contributed by atoms with Crippen molar-refractivity contribution in [3.05, 3.63) is 272 Å². The first kappa shape index (κ1) is 51.7. The molecule has 434 valence electrons. The van der Waals surface area contributed by atoms with Gasteiger partial charge in [-0.3, -0.25) is 0 Å². The van der Waals surface area contributed by atoms with Crippen molar-refractivity contribution in [1.82, 2.24) is 13.7 Å². The Balaban J connectivity index is 1.08. The molecular weight excluding hydrogens is 1240 g/mol. The molecule has 0 spiro atoms. The number of fused-ring (bicyclic) bond motifs is 24. The lowest BCUT2D eigenvalue weighted by atomic mass is 9.86. The van der Waals surface area contributed by atoms with Crippen LogP contribution in [0.2, 0.25) is 0 Å². The Kier molecular flexibility index (Phi) is 10.5. The molecule has 22 rings (SSSR count). The van der Waals surface area contributed by atoms with Crippen LogP contribution < -0.4 is 0 Å². The van der Waals surface area contributed by atoms with Gasteiger partial charge in [-0.1, -0.05) is 182 Å². The van der Waals surface area contributed by atoms with Crippen LogP contribution in [-0.2, 0) is 0 Å². The van der Waals surface area contributed by atoms with Crippen LogP contribution in [0.25, 0.3) is 206 Å². The van der Waals surface area contributed by atoms with Crippen LogP contribution >= 0.6 is 56.7 Å². The fourth-order valence-electron chi connectivity index (χ4n) is 16.2. The second-order valence-electron chi connectivity index (χ2n) is 24.8. The van der Waals surface area contributed by atoms with Gasteiger partial charge in [0.25, 0.3) is 0 Å². The van der Waals surface area contributed by atoms with E-state index in [2.05, 4.69) is 287 Å². The summed E-state index contributed by atoms with van der Waals surface area (Å²) in [7, 11) is 0. The van der Waals surface area contributed by atoms with E-state index >= 15 is 0 Å². The Morgan fingerprint density at radius 2 is 0.511 bits per heavy atom. The van der Waals surface area contributed by atoms with Gasteiger partial charge in [0.1, 0.15) is 6.07 Å². The quantitative estimate of drug-likeness (QED) is 0.169. The smallest absolute Gasteiger partial charge is 0.101 e. The third kappa shape index (κ3) is 6.87. The molecule has 0 fully saturated rings. The van der Waals surface area contributed by atoms with Crippen LogP contribution in [0.4, 0.5) is 0 Å². The summed E-state index contributed by atoms with van der Waals surface area (Å²) in [6, 6.07) is 103. The highest BCUT2D eigenvalue weighted by molar-refractivity contribution is 7.27. The number of aromatic nitrogens is 3. The number of hydrogen-bond donors (Lipinski definition) is 0. The first-order chi connectivity index (χ1) is 46.6. The van der Waals surface area contributed by atoms with Crippen molar-refractivity contribution in [2.24, 2.45) is 0 Å². The topological polar surface area (TPSA) is 38.6 Å². The van der Waals surface area contributed by atoms with Gasteiger partial charge < -0.3 is 13.7 Å². The van der Waals surface area contributed by atoms with Gasteiger partial charge in [-0.2, -0.15) is 5.26 Å². The Morgan fingerprint density at radius 3 is 0.862 bits per heavy atom. The summed E-state index contributed by atoms with van der Waals surface area (Å²) in [6.07, 6.45) is 0. The minimum atomic E-state index is 0.608. The molecule has 0 amide bonds. The van der Waals surface area contributed by atoms with Gasteiger partial charge >= 0.3 is 0 Å². The number of hydrogen-bond acceptors (Lipinski definition) is 6. The van der Waals surface area contributed by atoms with E-state index in [1.54, 1.807) is 0 Å². The van der Waals surface area contributed by atoms with Gasteiger partial charge in [0.05, 0.1) is 55.7 Å². The van der Waals surface area contributed by atoms with E-state index in [1.807, 2.05) is 56.7 Å². The minimum Gasteiger partial charge on any atom is -0.306 e. The van der Waals surface area contributed by atoms with Gasteiger partial charge in [-0.15, -0.1) is 56.7 Å². The molecule has 0 radical (unpaired) electrons. The molecule has 0 aliphatic carbocycles. The molecule has 0 saturated heterocycles. The molecule has 0 bridgehead atoms. The molecule has 0 N–H and O–H groups in total. The second kappa shape index (κ2) is 19.1. The lowest BCUT2D eigenvalue weighted by molar-refractivity contribution is 1.05. The molecule has 0 saturated carbocycles. The number of rotatable bonds is 5. The number of benzene rings is 14. The van der Waals surface area contributed by atoms with E-state index < -0.39 is 0 Å². The van der Waals surface area contributed by atoms with Gasteiger partial charge in [0.15, 0.2) is 0 Å². The van der Waals surface area contributed by atoms with E-state index in [-0.39, 0.29) is 0 Å². The molecule has 14 aromatic carbocycles. The molecule has 0 aliphatic heterocycles. The Bertz CT molecular complexity index is 6880. The maximum absolute atomic E-state index is 13.4. The van der Waals surface area contributed by atoms with Crippen LogP contribution in [0.3, 0.4) is 0 Å². The molecule has 9 heteroatoms. The number of nitrogens with zero attached hydrogens (tertiary/aromatic N) is 4. The predicted octanol–water partition coefficient (Wildman–Crippen LogP) is 26.0. The molecule has 0 aliphatic rings. The predicted molar refractivity (Wildman–Crippen MR) is 409 cm³/mol. The lowest BCUT2D eigenvalue weighted by Crippen LogP contribution is -2.14. The van der Waals surface area contributed by atoms with E-state index in [0.29, 0.717) is 5.56 Å². The van der Waals surface area contributed by atoms with Gasteiger partial charge in [0.2, 0.25) is 0 Å². The molecule has 8 heterocycles. The molecule has 22 aromatic rings. The summed E-state index contributed by atoms with van der Waals surface area (Å²) in [4.78, 5) is 0. The van der Waals surface area contributed by atoms with E-state index in [1.165, 1.54) is 96.8 Å². The van der Waals surface area contributed by atoms with E-state index in [0.717, 1.165) is 109 Å². The van der Waals surface area contributed by atoms with Crippen LogP contribution in [0, 0.1) is 11.3 Å². The summed E-state index contributed by atoms with van der Waals surface area (Å²) in [5.74, 6) is 0. The summed E-state index contributed by atoms with van der Waals surface area (Å²) in [5.41, 5.74) is 13.6. The van der Waals surface area contributed by atoms with E-state index in [4.69, 9.17) is 0 Å². The molecular formula is C85H44N4S5. The Labute approximate surface area is 555 Å². The summed E-state index contributed by atoms with van der Waals surface area (Å²) >= 11 is 9.22. The van der Waals surface area contributed by atoms with Crippen LogP contribution in [0.15, 0.2) is 267 Å². The van der Waals surface area contributed by atoms with Crippen molar-refractivity contribution in [2.75, 3.05) is 0 Å². The van der Waals surface area contributed by atoms with Crippen molar-refractivity contribution in [1.29, 1.82) is 5.26 Å². The van der Waals surface area contributed by atoms with Gasteiger partial charge in [-0.25, -0.2) is 0 Å². The third-order valence-corrected chi connectivity index (χ3v) is 25.9. The second-order valence-corrected chi connectivity index (χ2v) is 30.1. The van der Waals surface area contributed by atoms with Crippen LogP contribution in [-0.4, -0.2) is 13.7 Å². The highest BCUT2D eigenvalue weighted by Crippen LogP contribution is 2.57. The zero-order valence-electron chi connectivity index (χ0n) is 49.7. The van der Waals surface area contributed by atoms with Crippen molar-refractivity contribution >= 4 is 223 Å². The van der Waals surface area contributed by atoms with Crippen molar-refractivity contribution in [3.63, 3.8) is 0 Å². The number of thiophene rings is 5. The SMILES string of the molecule is N#Cc1c(-c2cccc3c2sc2ccccc23)c(-n2c3ccccc3c3cc4sc5ccccc5c4cc32)c(-n2c3ccccc3c3cc4sc5ccccc5c4cc32)c(-n2c3ccccc3c3cc4sc5ccccc5c4cc32)c1-c1cccc2c1sc1ccccc12. The normalized spacial score (nSPS) is 12.5.